The van der Waals surface area contributed by atoms with Crippen molar-refractivity contribution >= 4 is 5.91 Å². The van der Waals surface area contributed by atoms with Gasteiger partial charge in [0.05, 0.1) is 6.61 Å². The molecule has 0 aliphatic heterocycles. The van der Waals surface area contributed by atoms with Gasteiger partial charge in [-0.3, -0.25) is 9.80 Å². The van der Waals surface area contributed by atoms with E-state index in [0.717, 1.165) is 5.01 Å². The summed E-state index contributed by atoms with van der Waals surface area (Å²) < 4.78 is 0. The Morgan fingerprint density at radius 2 is 2.09 bits per heavy atom. The summed E-state index contributed by atoms with van der Waals surface area (Å²) in [7, 11) is 0. The summed E-state index contributed by atoms with van der Waals surface area (Å²) in [6.07, 6.45) is 0. The summed E-state index contributed by atoms with van der Waals surface area (Å²) in [5.41, 5.74) is 5.23. The van der Waals surface area contributed by atoms with Gasteiger partial charge in [-0.25, -0.2) is 5.84 Å². The lowest BCUT2D eigenvalue weighted by atomic mass is 10.2. The fourth-order valence-corrected chi connectivity index (χ4v) is 0.524. The third-order valence-electron chi connectivity index (χ3n) is 1.32. The highest BCUT2D eigenvalue weighted by Gasteiger charge is 2.19. The molecule has 1 atom stereocenters. The van der Waals surface area contributed by atoms with Gasteiger partial charge in [-0.2, -0.15) is 0 Å². The van der Waals surface area contributed by atoms with E-state index in [1.807, 2.05) is 0 Å². The molecular formula is C6H15N3O2. The van der Waals surface area contributed by atoms with E-state index in [9.17, 15) is 4.79 Å². The molecule has 0 aromatic heterocycles. The van der Waals surface area contributed by atoms with Gasteiger partial charge in [-0.05, 0) is 13.8 Å². The second-order valence-corrected chi connectivity index (χ2v) is 2.63. The number of nitrogens with zero attached hydrogens (tertiary/aromatic N) is 1. The van der Waals surface area contributed by atoms with E-state index >= 15 is 0 Å². The van der Waals surface area contributed by atoms with E-state index in [1.165, 1.54) is 0 Å². The molecule has 0 bridgehead atoms. The summed E-state index contributed by atoms with van der Waals surface area (Å²) >= 11 is 0. The quantitative estimate of drug-likeness (QED) is 0.264. The third-order valence-corrected chi connectivity index (χ3v) is 1.32. The molecule has 5 N–H and O–H groups in total. The fraction of sp³-hybridized carbons (Fsp3) is 0.833. The monoisotopic (exact) mass is 161 g/mol. The zero-order valence-corrected chi connectivity index (χ0v) is 6.82. The number of aliphatic hydroxyl groups is 1. The first-order valence-corrected chi connectivity index (χ1v) is 3.45. The van der Waals surface area contributed by atoms with Crippen molar-refractivity contribution < 1.29 is 9.90 Å². The first-order valence-electron chi connectivity index (χ1n) is 3.45. The number of hydrogen-bond donors (Lipinski definition) is 3. The minimum absolute atomic E-state index is 0.0971. The van der Waals surface area contributed by atoms with Crippen molar-refractivity contribution in [2.45, 2.75) is 25.9 Å². The minimum Gasteiger partial charge on any atom is -0.394 e. The number of nitrogens with two attached hydrogens (primary N) is 2. The van der Waals surface area contributed by atoms with Crippen LogP contribution in [0.25, 0.3) is 0 Å². The molecule has 0 aliphatic rings. The Bertz CT molecular complexity index is 138. The zero-order valence-electron chi connectivity index (χ0n) is 6.82. The number of carbonyl (C=O) groups is 1. The molecule has 66 valence electrons. The van der Waals surface area contributed by atoms with E-state index in [-0.39, 0.29) is 12.6 Å². The first kappa shape index (κ1) is 10.3. The molecule has 5 heteroatoms. The number of aliphatic hydroxyl groups excluding tert-OH is 1. The highest BCUT2D eigenvalue weighted by molar-refractivity contribution is 5.81. The van der Waals surface area contributed by atoms with Crippen molar-refractivity contribution in [2.24, 2.45) is 11.6 Å². The van der Waals surface area contributed by atoms with Crippen LogP contribution in [-0.4, -0.2) is 34.7 Å². The van der Waals surface area contributed by atoms with E-state index in [0.29, 0.717) is 0 Å². The van der Waals surface area contributed by atoms with Crippen LogP contribution in [0.3, 0.4) is 0 Å². The van der Waals surface area contributed by atoms with Crippen LogP contribution in [0.15, 0.2) is 0 Å². The van der Waals surface area contributed by atoms with Crippen LogP contribution in [-0.2, 0) is 4.79 Å². The van der Waals surface area contributed by atoms with Gasteiger partial charge in [0, 0.05) is 6.04 Å². The lowest BCUT2D eigenvalue weighted by Gasteiger charge is -2.22. The van der Waals surface area contributed by atoms with E-state index in [1.54, 1.807) is 13.8 Å². The van der Waals surface area contributed by atoms with Gasteiger partial charge < -0.3 is 10.8 Å². The first-order chi connectivity index (χ1) is 5.00. The molecule has 0 saturated heterocycles. The van der Waals surface area contributed by atoms with Gasteiger partial charge in [-0.15, -0.1) is 0 Å². The largest absolute Gasteiger partial charge is 0.394 e. The summed E-state index contributed by atoms with van der Waals surface area (Å²) in [5.74, 6) is 4.89. The Morgan fingerprint density at radius 1 is 1.64 bits per heavy atom. The molecule has 0 unspecified atom stereocenters. The normalized spacial score (nSPS) is 13.3. The highest BCUT2D eigenvalue weighted by Crippen LogP contribution is 1.93. The minimum atomic E-state index is -0.901. The molecule has 11 heavy (non-hydrogen) atoms. The predicted molar refractivity (Wildman–Crippen MR) is 41.2 cm³/mol. The summed E-state index contributed by atoms with van der Waals surface area (Å²) in [6, 6.07) is -0.998. The molecule has 0 aromatic rings. The standard InChI is InChI=1S/C6H15N3O2/c1-4(2)9(8)6(11)5(7)3-10/h4-5,10H,3,7-8H2,1-2H3/t5-/m0/s1. The second-order valence-electron chi connectivity index (χ2n) is 2.63. The summed E-state index contributed by atoms with van der Waals surface area (Å²) in [5, 5.41) is 9.52. The summed E-state index contributed by atoms with van der Waals surface area (Å²) in [4.78, 5) is 11.0. The molecule has 0 rings (SSSR count). The smallest absolute Gasteiger partial charge is 0.255 e. The molecule has 0 fully saturated rings. The third kappa shape index (κ3) is 2.83. The average molecular weight is 161 g/mol. The SMILES string of the molecule is CC(C)N(N)C(=O)[C@@H](N)CO. The fourth-order valence-electron chi connectivity index (χ4n) is 0.524. The Kier molecular flexibility index (Phi) is 4.02. The number of carbonyl (C=O) groups excluding carboxylic acids is 1. The Labute approximate surface area is 65.9 Å². The summed E-state index contributed by atoms with van der Waals surface area (Å²) in [6.45, 7) is 3.16. The van der Waals surface area contributed by atoms with Crippen molar-refractivity contribution in [2.75, 3.05) is 6.61 Å². The van der Waals surface area contributed by atoms with Crippen molar-refractivity contribution in [3.63, 3.8) is 0 Å². The van der Waals surface area contributed by atoms with Gasteiger partial charge in [0.15, 0.2) is 0 Å². The van der Waals surface area contributed by atoms with Gasteiger partial charge in [0.2, 0.25) is 0 Å². The molecule has 0 heterocycles. The van der Waals surface area contributed by atoms with Crippen LogP contribution in [0.2, 0.25) is 0 Å². The molecule has 0 saturated carbocycles. The van der Waals surface area contributed by atoms with Crippen molar-refractivity contribution in [3.8, 4) is 0 Å². The van der Waals surface area contributed by atoms with Crippen LogP contribution < -0.4 is 11.6 Å². The maximum atomic E-state index is 11.0. The maximum absolute atomic E-state index is 11.0. The van der Waals surface area contributed by atoms with Gasteiger partial charge in [0.1, 0.15) is 6.04 Å². The van der Waals surface area contributed by atoms with Crippen LogP contribution >= 0.6 is 0 Å². The van der Waals surface area contributed by atoms with Gasteiger partial charge in [0.25, 0.3) is 5.91 Å². The Balaban J connectivity index is 4.02. The van der Waals surface area contributed by atoms with Gasteiger partial charge in [-0.1, -0.05) is 0 Å². The van der Waals surface area contributed by atoms with E-state index in [2.05, 4.69) is 0 Å². The van der Waals surface area contributed by atoms with E-state index < -0.39 is 11.9 Å². The molecule has 1 amide bonds. The molecule has 0 aromatic carbocycles. The van der Waals surface area contributed by atoms with Crippen molar-refractivity contribution in [3.05, 3.63) is 0 Å². The number of hydrogen-bond acceptors (Lipinski definition) is 4. The van der Waals surface area contributed by atoms with Crippen LogP contribution in [0.1, 0.15) is 13.8 Å². The van der Waals surface area contributed by atoms with E-state index in [4.69, 9.17) is 16.7 Å². The Hall–Kier alpha value is -0.650. The topological polar surface area (TPSA) is 92.6 Å². The van der Waals surface area contributed by atoms with Gasteiger partial charge >= 0.3 is 0 Å². The molecule has 0 radical (unpaired) electrons. The predicted octanol–water partition coefficient (Wildman–Crippen LogP) is -1.58. The maximum Gasteiger partial charge on any atom is 0.255 e. The van der Waals surface area contributed by atoms with Crippen molar-refractivity contribution in [1.82, 2.24) is 5.01 Å². The molecule has 0 aliphatic carbocycles. The molecular weight excluding hydrogens is 146 g/mol. The highest BCUT2D eigenvalue weighted by atomic mass is 16.3. The molecule has 0 spiro atoms. The zero-order chi connectivity index (χ0) is 9.02. The van der Waals surface area contributed by atoms with Crippen LogP contribution in [0.4, 0.5) is 0 Å². The van der Waals surface area contributed by atoms with Crippen LogP contribution in [0.5, 0.6) is 0 Å². The molecule has 5 nitrogen and oxygen atoms in total. The number of rotatable bonds is 3. The van der Waals surface area contributed by atoms with Crippen LogP contribution in [0, 0.1) is 0 Å². The second kappa shape index (κ2) is 4.27. The Morgan fingerprint density at radius 3 is 2.36 bits per heavy atom. The lowest BCUT2D eigenvalue weighted by molar-refractivity contribution is -0.135. The lowest BCUT2D eigenvalue weighted by Crippen LogP contribution is -2.52. The number of amides is 1. The number of hydrazine groups is 1. The average Bonchev–Trinajstić information content (AvgIpc) is 2.00. The van der Waals surface area contributed by atoms with Crippen molar-refractivity contribution in [1.29, 1.82) is 0 Å².